The van der Waals surface area contributed by atoms with Gasteiger partial charge < -0.3 is 10.1 Å². The second-order valence-corrected chi connectivity index (χ2v) is 4.23. The van der Waals surface area contributed by atoms with Crippen molar-refractivity contribution in [3.63, 3.8) is 0 Å². The number of anilines is 2. The molecule has 0 atom stereocenters. The van der Waals surface area contributed by atoms with Gasteiger partial charge in [0.25, 0.3) is 0 Å². The lowest BCUT2D eigenvalue weighted by Gasteiger charge is -2.11. The molecule has 2 aromatic rings. The fourth-order valence-electron chi connectivity index (χ4n) is 1.42. The maximum Gasteiger partial charge on any atom is 0.224 e. The Labute approximate surface area is 119 Å². The predicted molar refractivity (Wildman–Crippen MR) is 73.0 cm³/mol. The number of ether oxygens (including phenoxy) is 1. The molecule has 96 valence electrons. The van der Waals surface area contributed by atoms with Crippen molar-refractivity contribution in [1.82, 2.24) is 9.97 Å². The molecule has 0 aliphatic rings. The van der Waals surface area contributed by atoms with Crippen molar-refractivity contribution in [2.24, 2.45) is 0 Å². The van der Waals surface area contributed by atoms with Gasteiger partial charge in [0.15, 0.2) is 5.82 Å². The molecule has 1 aromatic heterocycles. The molecule has 1 aromatic carbocycles. The Morgan fingerprint density at radius 1 is 1.37 bits per heavy atom. The maximum absolute atomic E-state index is 8.83. The molecule has 0 aliphatic carbocycles. The molecule has 0 fully saturated rings. The van der Waals surface area contributed by atoms with Gasteiger partial charge in [-0.05, 0) is 23.7 Å². The van der Waals surface area contributed by atoms with E-state index in [2.05, 4.69) is 15.3 Å². The van der Waals surface area contributed by atoms with E-state index in [-0.39, 0.29) is 5.28 Å². The number of benzene rings is 1. The lowest BCUT2D eigenvalue weighted by molar-refractivity contribution is 0.416. The zero-order valence-corrected chi connectivity index (χ0v) is 11.3. The van der Waals surface area contributed by atoms with Crippen molar-refractivity contribution >= 4 is 34.7 Å². The minimum atomic E-state index is 0.0829. The van der Waals surface area contributed by atoms with E-state index in [1.165, 1.54) is 13.3 Å². The second-order valence-electron chi connectivity index (χ2n) is 3.49. The van der Waals surface area contributed by atoms with E-state index in [0.29, 0.717) is 27.8 Å². The van der Waals surface area contributed by atoms with Gasteiger partial charge in [-0.1, -0.05) is 11.6 Å². The first-order valence-corrected chi connectivity index (χ1v) is 5.93. The van der Waals surface area contributed by atoms with Crippen LogP contribution in [0.4, 0.5) is 11.5 Å². The van der Waals surface area contributed by atoms with Gasteiger partial charge in [-0.3, -0.25) is 0 Å². The number of rotatable bonds is 3. The average molecular weight is 295 g/mol. The Morgan fingerprint density at radius 2 is 2.16 bits per heavy atom. The molecule has 0 saturated heterocycles. The molecule has 5 nitrogen and oxygen atoms in total. The van der Waals surface area contributed by atoms with Crippen molar-refractivity contribution in [3.05, 3.63) is 40.3 Å². The number of methoxy groups -OCH3 is 1. The van der Waals surface area contributed by atoms with Crippen LogP contribution in [0.25, 0.3) is 0 Å². The third-order valence-corrected chi connectivity index (χ3v) is 2.76. The molecule has 0 amide bonds. The fourth-order valence-corrected chi connectivity index (χ4v) is 1.70. The van der Waals surface area contributed by atoms with Crippen LogP contribution in [-0.2, 0) is 0 Å². The lowest BCUT2D eigenvalue weighted by Crippen LogP contribution is -1.99. The Morgan fingerprint density at radius 3 is 2.84 bits per heavy atom. The van der Waals surface area contributed by atoms with Crippen LogP contribution in [0, 0.1) is 11.3 Å². The highest BCUT2D eigenvalue weighted by Gasteiger charge is 2.09. The van der Waals surface area contributed by atoms with Crippen LogP contribution in [0.1, 0.15) is 5.56 Å². The number of hydrogen-bond donors (Lipinski definition) is 1. The van der Waals surface area contributed by atoms with Gasteiger partial charge in [-0.2, -0.15) is 10.2 Å². The number of hydrogen-bond acceptors (Lipinski definition) is 5. The first-order valence-electron chi connectivity index (χ1n) is 5.17. The predicted octanol–water partition coefficient (Wildman–Crippen LogP) is 3.41. The molecule has 0 bridgehead atoms. The van der Waals surface area contributed by atoms with Gasteiger partial charge in [0.2, 0.25) is 5.28 Å². The van der Waals surface area contributed by atoms with Gasteiger partial charge in [-0.25, -0.2) is 4.98 Å². The monoisotopic (exact) mass is 294 g/mol. The Balaban J connectivity index is 2.38. The third-order valence-electron chi connectivity index (χ3n) is 2.30. The second kappa shape index (κ2) is 5.74. The van der Waals surface area contributed by atoms with Gasteiger partial charge in [-0.15, -0.1) is 0 Å². The number of aromatic nitrogens is 2. The van der Waals surface area contributed by atoms with Crippen LogP contribution in [-0.4, -0.2) is 17.1 Å². The highest BCUT2D eigenvalue weighted by molar-refractivity contribution is 6.33. The van der Waals surface area contributed by atoms with E-state index in [0.717, 1.165) is 0 Å². The van der Waals surface area contributed by atoms with E-state index in [9.17, 15) is 0 Å². The van der Waals surface area contributed by atoms with Crippen LogP contribution >= 0.6 is 23.2 Å². The van der Waals surface area contributed by atoms with Crippen LogP contribution in [0.5, 0.6) is 5.75 Å². The van der Waals surface area contributed by atoms with Crippen molar-refractivity contribution in [3.8, 4) is 11.8 Å². The minimum absolute atomic E-state index is 0.0829. The fraction of sp³-hybridized carbons (Fsp3) is 0.0833. The SMILES string of the molecule is COc1cc(C#N)ccc1Nc1nc(Cl)ncc1Cl. The highest BCUT2D eigenvalue weighted by atomic mass is 35.5. The third kappa shape index (κ3) is 3.05. The molecule has 19 heavy (non-hydrogen) atoms. The van der Waals surface area contributed by atoms with Crippen LogP contribution in [0.2, 0.25) is 10.3 Å². The first-order chi connectivity index (χ1) is 9.13. The van der Waals surface area contributed by atoms with Crippen molar-refractivity contribution in [2.75, 3.05) is 12.4 Å². The zero-order valence-electron chi connectivity index (χ0n) is 9.82. The molecule has 7 heteroatoms. The van der Waals surface area contributed by atoms with E-state index in [1.807, 2.05) is 6.07 Å². The summed E-state index contributed by atoms with van der Waals surface area (Å²) in [7, 11) is 1.51. The molecule has 0 spiro atoms. The molecular formula is C12H8Cl2N4O. The Bertz CT molecular complexity index is 655. The molecular weight excluding hydrogens is 287 g/mol. The highest BCUT2D eigenvalue weighted by Crippen LogP contribution is 2.30. The summed E-state index contributed by atoms with van der Waals surface area (Å²) < 4.78 is 5.20. The quantitative estimate of drug-likeness (QED) is 0.879. The van der Waals surface area contributed by atoms with Gasteiger partial charge in [0, 0.05) is 6.07 Å². The van der Waals surface area contributed by atoms with Gasteiger partial charge in [0.05, 0.1) is 30.6 Å². The summed E-state index contributed by atoms with van der Waals surface area (Å²) in [5.41, 5.74) is 1.12. The number of halogens is 2. The Kier molecular flexibility index (Phi) is 4.05. The van der Waals surface area contributed by atoms with Gasteiger partial charge in [0.1, 0.15) is 10.8 Å². The topological polar surface area (TPSA) is 70.8 Å². The minimum Gasteiger partial charge on any atom is -0.495 e. The first kappa shape index (κ1) is 13.4. The summed E-state index contributed by atoms with van der Waals surface area (Å²) in [6.45, 7) is 0. The summed E-state index contributed by atoms with van der Waals surface area (Å²) in [5, 5.41) is 12.2. The van der Waals surface area contributed by atoms with E-state index in [4.69, 9.17) is 33.2 Å². The summed E-state index contributed by atoms with van der Waals surface area (Å²) in [5.74, 6) is 0.870. The molecule has 1 heterocycles. The summed E-state index contributed by atoms with van der Waals surface area (Å²) >= 11 is 11.7. The normalized spacial score (nSPS) is 9.79. The maximum atomic E-state index is 8.83. The lowest BCUT2D eigenvalue weighted by atomic mass is 10.2. The molecule has 0 saturated carbocycles. The van der Waals surface area contributed by atoms with Gasteiger partial charge >= 0.3 is 0 Å². The smallest absolute Gasteiger partial charge is 0.224 e. The molecule has 0 unspecified atom stereocenters. The van der Waals surface area contributed by atoms with Crippen LogP contribution < -0.4 is 10.1 Å². The molecule has 1 N–H and O–H groups in total. The number of nitrogens with zero attached hydrogens (tertiary/aromatic N) is 3. The van der Waals surface area contributed by atoms with Crippen molar-refractivity contribution in [2.45, 2.75) is 0 Å². The average Bonchev–Trinajstić information content (AvgIpc) is 2.43. The van der Waals surface area contributed by atoms with Crippen LogP contribution in [0.3, 0.4) is 0 Å². The largest absolute Gasteiger partial charge is 0.495 e. The van der Waals surface area contributed by atoms with Crippen molar-refractivity contribution < 1.29 is 4.74 Å². The molecule has 2 rings (SSSR count). The summed E-state index contributed by atoms with van der Waals surface area (Å²) in [6.07, 6.45) is 1.40. The van der Waals surface area contributed by atoms with Crippen molar-refractivity contribution in [1.29, 1.82) is 5.26 Å². The summed E-state index contributed by atoms with van der Waals surface area (Å²) in [6, 6.07) is 7.00. The zero-order chi connectivity index (χ0) is 13.8. The summed E-state index contributed by atoms with van der Waals surface area (Å²) in [4.78, 5) is 7.74. The van der Waals surface area contributed by atoms with Crippen LogP contribution in [0.15, 0.2) is 24.4 Å². The number of nitrogens with one attached hydrogen (secondary N) is 1. The standard InChI is InChI=1S/C12H8Cl2N4O/c1-19-10-4-7(5-15)2-3-9(10)17-11-8(13)6-16-12(14)18-11/h2-4,6H,1H3,(H,16,17,18). The van der Waals surface area contributed by atoms with E-state index < -0.39 is 0 Å². The number of nitriles is 1. The molecule has 0 aliphatic heterocycles. The Hall–Kier alpha value is -2.03. The molecule has 0 radical (unpaired) electrons. The van der Waals surface area contributed by atoms with E-state index in [1.54, 1.807) is 18.2 Å². The van der Waals surface area contributed by atoms with E-state index >= 15 is 0 Å².